The lowest BCUT2D eigenvalue weighted by Gasteiger charge is -1.99. The van der Waals surface area contributed by atoms with E-state index in [0.717, 1.165) is 12.0 Å². The van der Waals surface area contributed by atoms with Crippen LogP contribution in [0.1, 0.15) is 34.1 Å². The summed E-state index contributed by atoms with van der Waals surface area (Å²) in [5, 5.41) is 0. The molecule has 0 aromatic heterocycles. The Balaban J connectivity index is 0. The van der Waals surface area contributed by atoms with Crippen LogP contribution in [0.2, 0.25) is 0 Å². The average Bonchev–Trinajstić information content (AvgIpc) is 2.03. The van der Waals surface area contributed by atoms with Gasteiger partial charge in [-0.25, -0.2) is 0 Å². The van der Waals surface area contributed by atoms with Gasteiger partial charge in [0.05, 0.1) is 0 Å². The molecule has 0 radical (unpaired) electrons. The standard InChI is InChI=1S/C9H14.C2H6/c1-5-7-9(6-2)8(3)4;1-2/h5,7H,1,3,6H2,2,4H3;1-2H3/b9-7-;. The summed E-state index contributed by atoms with van der Waals surface area (Å²) in [6, 6.07) is 0. The highest BCUT2D eigenvalue weighted by atomic mass is 14.0. The Morgan fingerprint density at radius 2 is 1.82 bits per heavy atom. The van der Waals surface area contributed by atoms with E-state index >= 15 is 0 Å². The molecule has 0 rings (SSSR count). The third-order valence-corrected chi connectivity index (χ3v) is 1.25. The number of allylic oxidation sites excluding steroid dienone is 4. The molecule has 0 saturated heterocycles. The van der Waals surface area contributed by atoms with Crippen LogP contribution in [-0.4, -0.2) is 0 Å². The molecule has 0 saturated carbocycles. The lowest BCUT2D eigenvalue weighted by Crippen LogP contribution is -1.78. The second-order valence-electron chi connectivity index (χ2n) is 2.06. The highest BCUT2D eigenvalue weighted by Gasteiger charge is 1.89. The topological polar surface area (TPSA) is 0 Å². The van der Waals surface area contributed by atoms with Gasteiger partial charge in [-0.2, -0.15) is 0 Å². The Morgan fingerprint density at radius 3 is 1.91 bits per heavy atom. The van der Waals surface area contributed by atoms with Crippen molar-refractivity contribution in [1.29, 1.82) is 0 Å². The SMILES string of the molecule is C=C/C=C(/CC)C(=C)C.CC. The van der Waals surface area contributed by atoms with Crippen molar-refractivity contribution in [3.63, 3.8) is 0 Å². The molecule has 0 nitrogen and oxygen atoms in total. The van der Waals surface area contributed by atoms with Gasteiger partial charge in [-0.3, -0.25) is 0 Å². The maximum atomic E-state index is 3.83. The van der Waals surface area contributed by atoms with E-state index in [4.69, 9.17) is 0 Å². The van der Waals surface area contributed by atoms with Gasteiger partial charge in [-0.05, 0) is 18.9 Å². The summed E-state index contributed by atoms with van der Waals surface area (Å²) in [7, 11) is 0. The highest BCUT2D eigenvalue weighted by molar-refractivity contribution is 5.28. The van der Waals surface area contributed by atoms with Gasteiger partial charge in [-0.1, -0.05) is 51.7 Å². The molecule has 0 fully saturated rings. The van der Waals surface area contributed by atoms with Gasteiger partial charge < -0.3 is 0 Å². The minimum absolute atomic E-state index is 1.04. The summed E-state index contributed by atoms with van der Waals surface area (Å²) in [5.41, 5.74) is 2.42. The number of hydrogen-bond acceptors (Lipinski definition) is 0. The molecule has 0 heterocycles. The minimum Gasteiger partial charge on any atom is -0.0991 e. The fourth-order valence-corrected chi connectivity index (χ4v) is 0.704. The van der Waals surface area contributed by atoms with Gasteiger partial charge in [0.1, 0.15) is 0 Å². The van der Waals surface area contributed by atoms with Crippen LogP contribution < -0.4 is 0 Å². The first-order chi connectivity index (χ1) is 5.22. The molecule has 0 aliphatic heterocycles. The van der Waals surface area contributed by atoms with Crippen LogP contribution in [0.4, 0.5) is 0 Å². The molecule has 0 amide bonds. The van der Waals surface area contributed by atoms with Crippen LogP contribution in [0, 0.1) is 0 Å². The molecule has 0 atom stereocenters. The predicted molar refractivity (Wildman–Crippen MR) is 54.7 cm³/mol. The predicted octanol–water partition coefficient (Wildman–Crippen LogP) is 4.11. The van der Waals surface area contributed by atoms with E-state index in [1.165, 1.54) is 5.57 Å². The van der Waals surface area contributed by atoms with Crippen molar-refractivity contribution in [1.82, 2.24) is 0 Å². The van der Waals surface area contributed by atoms with Gasteiger partial charge in [0.2, 0.25) is 0 Å². The monoisotopic (exact) mass is 152 g/mol. The van der Waals surface area contributed by atoms with E-state index in [2.05, 4.69) is 20.1 Å². The Labute approximate surface area is 71.3 Å². The summed E-state index contributed by atoms with van der Waals surface area (Å²) < 4.78 is 0. The van der Waals surface area contributed by atoms with E-state index in [1.54, 1.807) is 6.08 Å². The summed E-state index contributed by atoms with van der Waals surface area (Å²) in [6.45, 7) is 15.6. The van der Waals surface area contributed by atoms with Gasteiger partial charge in [0.15, 0.2) is 0 Å². The maximum Gasteiger partial charge on any atom is -0.0305 e. The number of rotatable bonds is 3. The van der Waals surface area contributed by atoms with E-state index in [1.807, 2.05) is 26.8 Å². The molecule has 11 heavy (non-hydrogen) atoms. The van der Waals surface area contributed by atoms with E-state index in [9.17, 15) is 0 Å². The van der Waals surface area contributed by atoms with Crippen molar-refractivity contribution < 1.29 is 0 Å². The molecule has 0 aromatic carbocycles. The number of hydrogen-bond donors (Lipinski definition) is 0. The summed E-state index contributed by atoms with van der Waals surface area (Å²) in [5.74, 6) is 0. The Morgan fingerprint density at radius 1 is 1.36 bits per heavy atom. The van der Waals surface area contributed by atoms with Crippen LogP contribution in [-0.2, 0) is 0 Å². The molecule has 0 aromatic rings. The molecule has 64 valence electrons. The van der Waals surface area contributed by atoms with Gasteiger partial charge in [-0.15, -0.1) is 0 Å². The van der Waals surface area contributed by atoms with Crippen LogP contribution in [0.25, 0.3) is 0 Å². The molecule has 0 heteroatoms. The Bertz CT molecular complexity index is 138. The molecular weight excluding hydrogens is 132 g/mol. The van der Waals surface area contributed by atoms with Gasteiger partial charge in [0, 0.05) is 0 Å². The quantitative estimate of drug-likeness (QED) is 0.534. The molecule has 0 N–H and O–H groups in total. The van der Waals surface area contributed by atoms with Crippen molar-refractivity contribution in [2.24, 2.45) is 0 Å². The zero-order chi connectivity index (χ0) is 9.28. The van der Waals surface area contributed by atoms with Gasteiger partial charge in [0.25, 0.3) is 0 Å². The van der Waals surface area contributed by atoms with Crippen molar-refractivity contribution in [3.05, 3.63) is 36.5 Å². The van der Waals surface area contributed by atoms with Crippen molar-refractivity contribution in [2.75, 3.05) is 0 Å². The fraction of sp³-hybridized carbons (Fsp3) is 0.455. The lowest BCUT2D eigenvalue weighted by atomic mass is 10.1. The zero-order valence-electron chi connectivity index (χ0n) is 8.28. The fourth-order valence-electron chi connectivity index (χ4n) is 0.704. The third kappa shape index (κ3) is 7.11. The third-order valence-electron chi connectivity index (χ3n) is 1.25. The summed E-state index contributed by atoms with van der Waals surface area (Å²) >= 11 is 0. The van der Waals surface area contributed by atoms with E-state index < -0.39 is 0 Å². The molecule has 0 spiro atoms. The van der Waals surface area contributed by atoms with Crippen LogP contribution in [0.15, 0.2) is 36.5 Å². The largest absolute Gasteiger partial charge is 0.0991 e. The maximum absolute atomic E-state index is 3.83. The van der Waals surface area contributed by atoms with Crippen LogP contribution in [0.3, 0.4) is 0 Å². The van der Waals surface area contributed by atoms with E-state index in [0.29, 0.717) is 0 Å². The van der Waals surface area contributed by atoms with Crippen LogP contribution >= 0.6 is 0 Å². The van der Waals surface area contributed by atoms with Crippen molar-refractivity contribution in [3.8, 4) is 0 Å². The first kappa shape index (κ1) is 12.9. The Kier molecular flexibility index (Phi) is 10.8. The van der Waals surface area contributed by atoms with Crippen molar-refractivity contribution in [2.45, 2.75) is 34.1 Å². The average molecular weight is 152 g/mol. The first-order valence-electron chi connectivity index (χ1n) is 4.19. The molecular formula is C11H20. The van der Waals surface area contributed by atoms with Crippen LogP contribution in [0.5, 0.6) is 0 Å². The summed E-state index contributed by atoms with van der Waals surface area (Å²) in [6.07, 6.45) is 4.84. The molecule has 0 bridgehead atoms. The second kappa shape index (κ2) is 9.22. The smallest absolute Gasteiger partial charge is 0.0305 e. The molecule has 0 aliphatic rings. The minimum atomic E-state index is 1.04. The zero-order valence-corrected chi connectivity index (χ0v) is 8.28. The van der Waals surface area contributed by atoms with Gasteiger partial charge >= 0.3 is 0 Å². The summed E-state index contributed by atoms with van der Waals surface area (Å²) in [4.78, 5) is 0. The van der Waals surface area contributed by atoms with E-state index in [-0.39, 0.29) is 0 Å². The highest BCUT2D eigenvalue weighted by Crippen LogP contribution is 2.09. The normalized spacial score (nSPS) is 9.64. The lowest BCUT2D eigenvalue weighted by molar-refractivity contribution is 1.11. The Hall–Kier alpha value is -0.780. The first-order valence-corrected chi connectivity index (χ1v) is 4.19. The molecule has 0 unspecified atom stereocenters. The second-order valence-corrected chi connectivity index (χ2v) is 2.06. The van der Waals surface area contributed by atoms with Crippen molar-refractivity contribution >= 4 is 0 Å². The molecule has 0 aliphatic carbocycles.